The van der Waals surface area contributed by atoms with Gasteiger partial charge in [0.25, 0.3) is 0 Å². The molecule has 0 aliphatic rings. The van der Waals surface area contributed by atoms with Gasteiger partial charge < -0.3 is 4.90 Å². The molecule has 1 aromatic rings. The number of hydrogen-bond acceptors (Lipinski definition) is 1. The van der Waals surface area contributed by atoms with Crippen LogP contribution in [0.5, 0.6) is 0 Å². The molecule has 0 fully saturated rings. The Kier molecular flexibility index (Phi) is 7.20. The minimum atomic E-state index is 1.18. The molecule has 0 saturated heterocycles. The molecule has 0 aliphatic carbocycles. The fourth-order valence-corrected chi connectivity index (χ4v) is 1.74. The van der Waals surface area contributed by atoms with E-state index >= 15 is 0 Å². The molecule has 0 saturated carbocycles. The van der Waals surface area contributed by atoms with Gasteiger partial charge in [-0.2, -0.15) is 0 Å². The van der Waals surface area contributed by atoms with E-state index in [1.54, 1.807) is 0 Å². The summed E-state index contributed by atoms with van der Waals surface area (Å²) in [4.78, 5) is 2.44. The standard InChI is InChI=1S/C16H25N/c1-3-5-13-17(14-6-4-2)15-12-16-10-8-7-9-11-16/h7-12,15H,3-6,13-14H2,1-2H3. The van der Waals surface area contributed by atoms with Crippen molar-refractivity contribution in [1.82, 2.24) is 4.90 Å². The molecule has 0 aromatic heterocycles. The molecule has 1 nitrogen and oxygen atoms in total. The molecule has 0 aliphatic heterocycles. The second-order valence-corrected chi connectivity index (χ2v) is 4.47. The lowest BCUT2D eigenvalue weighted by atomic mass is 10.2. The largest absolute Gasteiger partial charge is 0.377 e. The molecule has 0 atom stereocenters. The van der Waals surface area contributed by atoms with Crippen molar-refractivity contribution >= 4 is 6.08 Å². The Labute approximate surface area is 106 Å². The minimum absolute atomic E-state index is 1.18. The van der Waals surface area contributed by atoms with E-state index in [1.165, 1.54) is 44.3 Å². The first-order valence-corrected chi connectivity index (χ1v) is 6.84. The molecular weight excluding hydrogens is 206 g/mol. The summed E-state index contributed by atoms with van der Waals surface area (Å²) < 4.78 is 0. The summed E-state index contributed by atoms with van der Waals surface area (Å²) in [6.45, 7) is 6.86. The molecule has 1 rings (SSSR count). The number of rotatable bonds is 8. The Balaban J connectivity index is 2.49. The molecule has 0 heterocycles. The van der Waals surface area contributed by atoms with Gasteiger partial charge in [-0.25, -0.2) is 0 Å². The smallest absolute Gasteiger partial charge is 0.0172 e. The third-order valence-corrected chi connectivity index (χ3v) is 2.88. The topological polar surface area (TPSA) is 3.24 Å². The summed E-state index contributed by atoms with van der Waals surface area (Å²) in [6.07, 6.45) is 9.56. The van der Waals surface area contributed by atoms with E-state index in [2.05, 4.69) is 61.4 Å². The maximum Gasteiger partial charge on any atom is 0.0172 e. The highest BCUT2D eigenvalue weighted by atomic mass is 15.1. The zero-order chi connectivity index (χ0) is 12.3. The van der Waals surface area contributed by atoms with Gasteiger partial charge in [-0.15, -0.1) is 0 Å². The number of nitrogens with zero attached hydrogens (tertiary/aromatic N) is 1. The monoisotopic (exact) mass is 231 g/mol. The normalized spacial score (nSPS) is 10.9. The van der Waals surface area contributed by atoms with E-state index in [9.17, 15) is 0 Å². The zero-order valence-corrected chi connectivity index (χ0v) is 11.2. The van der Waals surface area contributed by atoms with Crippen molar-refractivity contribution in [2.75, 3.05) is 13.1 Å². The molecule has 0 amide bonds. The van der Waals surface area contributed by atoms with E-state index in [0.29, 0.717) is 0 Å². The van der Waals surface area contributed by atoms with Crippen LogP contribution in [0.15, 0.2) is 36.5 Å². The molecule has 1 heteroatoms. The molecule has 0 bridgehead atoms. The SMILES string of the molecule is CCCCN(C=Cc1ccccc1)CCCC. The van der Waals surface area contributed by atoms with Crippen LogP contribution in [0.1, 0.15) is 45.1 Å². The van der Waals surface area contributed by atoms with Crippen LogP contribution in [0.3, 0.4) is 0 Å². The molecule has 0 radical (unpaired) electrons. The highest BCUT2D eigenvalue weighted by Gasteiger charge is 1.97. The number of benzene rings is 1. The van der Waals surface area contributed by atoms with Crippen molar-refractivity contribution in [3.8, 4) is 0 Å². The first-order valence-electron chi connectivity index (χ1n) is 6.84. The second-order valence-electron chi connectivity index (χ2n) is 4.47. The predicted octanol–water partition coefficient (Wildman–Crippen LogP) is 4.56. The summed E-state index contributed by atoms with van der Waals surface area (Å²) >= 11 is 0. The molecule has 94 valence electrons. The van der Waals surface area contributed by atoms with E-state index in [-0.39, 0.29) is 0 Å². The molecule has 1 aromatic carbocycles. The van der Waals surface area contributed by atoms with Crippen molar-refractivity contribution in [3.05, 3.63) is 42.1 Å². The summed E-state index contributed by atoms with van der Waals surface area (Å²) in [5.74, 6) is 0. The summed E-state index contributed by atoms with van der Waals surface area (Å²) in [5, 5.41) is 0. The predicted molar refractivity (Wildman–Crippen MR) is 76.9 cm³/mol. The Morgan fingerprint density at radius 1 is 0.941 bits per heavy atom. The highest BCUT2D eigenvalue weighted by molar-refractivity contribution is 5.48. The molecule has 17 heavy (non-hydrogen) atoms. The summed E-state index contributed by atoms with van der Waals surface area (Å²) in [5.41, 5.74) is 1.28. The molecular formula is C16H25N. The van der Waals surface area contributed by atoms with Gasteiger partial charge in [-0.05, 0) is 30.7 Å². The van der Waals surface area contributed by atoms with Gasteiger partial charge in [0, 0.05) is 13.1 Å². The van der Waals surface area contributed by atoms with Crippen LogP contribution < -0.4 is 0 Å². The van der Waals surface area contributed by atoms with Crippen LogP contribution in [0, 0.1) is 0 Å². The zero-order valence-electron chi connectivity index (χ0n) is 11.2. The van der Waals surface area contributed by atoms with Crippen LogP contribution in [0.25, 0.3) is 6.08 Å². The second kappa shape index (κ2) is 8.86. The summed E-state index contributed by atoms with van der Waals surface area (Å²) in [6, 6.07) is 10.5. The van der Waals surface area contributed by atoms with Gasteiger partial charge in [0.15, 0.2) is 0 Å². The van der Waals surface area contributed by atoms with Gasteiger partial charge in [-0.1, -0.05) is 57.0 Å². The van der Waals surface area contributed by atoms with Gasteiger partial charge in [0.05, 0.1) is 0 Å². The van der Waals surface area contributed by atoms with Crippen LogP contribution in [-0.2, 0) is 0 Å². The van der Waals surface area contributed by atoms with Gasteiger partial charge >= 0.3 is 0 Å². The van der Waals surface area contributed by atoms with E-state index in [0.717, 1.165) is 0 Å². The van der Waals surface area contributed by atoms with Crippen molar-refractivity contribution in [3.63, 3.8) is 0 Å². The molecule has 0 spiro atoms. The lowest BCUT2D eigenvalue weighted by molar-refractivity contribution is 0.362. The van der Waals surface area contributed by atoms with Crippen molar-refractivity contribution in [1.29, 1.82) is 0 Å². The summed E-state index contributed by atoms with van der Waals surface area (Å²) in [7, 11) is 0. The highest BCUT2D eigenvalue weighted by Crippen LogP contribution is 2.05. The van der Waals surface area contributed by atoms with Crippen molar-refractivity contribution < 1.29 is 0 Å². The Morgan fingerprint density at radius 3 is 2.06 bits per heavy atom. The van der Waals surface area contributed by atoms with Gasteiger partial charge in [0.1, 0.15) is 0 Å². The Bertz CT molecular complexity index is 295. The molecule has 0 unspecified atom stereocenters. The van der Waals surface area contributed by atoms with Crippen LogP contribution >= 0.6 is 0 Å². The van der Waals surface area contributed by atoms with Crippen LogP contribution in [0.4, 0.5) is 0 Å². The van der Waals surface area contributed by atoms with E-state index in [1.807, 2.05) is 0 Å². The number of hydrogen-bond donors (Lipinski definition) is 0. The average molecular weight is 231 g/mol. The van der Waals surface area contributed by atoms with Crippen molar-refractivity contribution in [2.24, 2.45) is 0 Å². The van der Waals surface area contributed by atoms with Crippen LogP contribution in [0.2, 0.25) is 0 Å². The fourth-order valence-electron chi connectivity index (χ4n) is 1.74. The van der Waals surface area contributed by atoms with Gasteiger partial charge in [0.2, 0.25) is 0 Å². The van der Waals surface area contributed by atoms with E-state index < -0.39 is 0 Å². The maximum atomic E-state index is 2.44. The van der Waals surface area contributed by atoms with Gasteiger partial charge in [-0.3, -0.25) is 0 Å². The minimum Gasteiger partial charge on any atom is -0.377 e. The Hall–Kier alpha value is -1.24. The average Bonchev–Trinajstić information content (AvgIpc) is 2.39. The maximum absolute atomic E-state index is 2.44. The first-order chi connectivity index (χ1) is 8.36. The lowest BCUT2D eigenvalue weighted by Crippen LogP contribution is -2.19. The fraction of sp³-hybridized carbons (Fsp3) is 0.500. The quantitative estimate of drug-likeness (QED) is 0.634. The number of unbranched alkanes of at least 4 members (excludes halogenated alkanes) is 2. The first kappa shape index (κ1) is 13.8. The molecule has 0 N–H and O–H groups in total. The third kappa shape index (κ3) is 6.15. The van der Waals surface area contributed by atoms with Crippen LogP contribution in [-0.4, -0.2) is 18.0 Å². The van der Waals surface area contributed by atoms with E-state index in [4.69, 9.17) is 0 Å². The third-order valence-electron chi connectivity index (χ3n) is 2.88. The van der Waals surface area contributed by atoms with Crippen molar-refractivity contribution in [2.45, 2.75) is 39.5 Å². The lowest BCUT2D eigenvalue weighted by Gasteiger charge is -2.19. The Morgan fingerprint density at radius 2 is 1.53 bits per heavy atom.